The maximum atomic E-state index is 10.5. The van der Waals surface area contributed by atoms with E-state index in [1.54, 1.807) is 17.5 Å². The normalized spacial score (nSPS) is 10.3. The Bertz CT molecular complexity index is 433. The van der Waals surface area contributed by atoms with Gasteiger partial charge in [0.15, 0.2) is 0 Å². The summed E-state index contributed by atoms with van der Waals surface area (Å²) in [5.74, 6) is -0.855. The molecule has 4 nitrogen and oxygen atoms in total. The van der Waals surface area contributed by atoms with Crippen LogP contribution in [0.5, 0.6) is 0 Å². The number of H-pyrrole nitrogens is 1. The summed E-state index contributed by atoms with van der Waals surface area (Å²) in [7, 11) is 0. The first-order valence-electron chi connectivity index (χ1n) is 4.05. The molecule has 0 amide bonds. The molecule has 2 N–H and O–H groups in total. The molecule has 2 aromatic rings. The van der Waals surface area contributed by atoms with Crippen LogP contribution in [0.4, 0.5) is 0 Å². The summed E-state index contributed by atoms with van der Waals surface area (Å²) in [5.41, 5.74) is 1.53. The maximum Gasteiger partial charge on any atom is 0.309 e. The number of carboxylic acid groups (broad SMARTS) is 1. The topological polar surface area (TPSA) is 66.0 Å². The van der Waals surface area contributed by atoms with Crippen molar-refractivity contribution in [2.75, 3.05) is 0 Å². The number of nitrogens with one attached hydrogen (secondary N) is 1. The number of carboxylic acids is 1. The molecule has 0 spiro atoms. The summed E-state index contributed by atoms with van der Waals surface area (Å²) in [4.78, 5) is 11.6. The number of hydrogen-bond acceptors (Lipinski definition) is 3. The van der Waals surface area contributed by atoms with Gasteiger partial charge in [-0.25, -0.2) is 0 Å². The van der Waals surface area contributed by atoms with Crippen LogP contribution in [0.1, 0.15) is 5.69 Å². The molecule has 2 rings (SSSR count). The Morgan fingerprint density at radius 3 is 3.14 bits per heavy atom. The van der Waals surface area contributed by atoms with E-state index in [0.717, 1.165) is 10.4 Å². The molecular weight excluding hydrogens is 200 g/mol. The van der Waals surface area contributed by atoms with Crippen molar-refractivity contribution in [2.45, 2.75) is 6.42 Å². The van der Waals surface area contributed by atoms with E-state index in [2.05, 4.69) is 10.2 Å². The molecule has 0 aromatic carbocycles. The highest BCUT2D eigenvalue weighted by Crippen LogP contribution is 2.26. The summed E-state index contributed by atoms with van der Waals surface area (Å²) in [5, 5.41) is 17.2. The molecule has 0 aliphatic rings. The van der Waals surface area contributed by atoms with E-state index in [1.807, 2.05) is 17.5 Å². The summed E-state index contributed by atoms with van der Waals surface area (Å²) in [6.45, 7) is 0. The van der Waals surface area contributed by atoms with Crippen molar-refractivity contribution in [3.05, 3.63) is 29.4 Å². The average Bonchev–Trinajstić information content (AvgIpc) is 2.70. The lowest BCUT2D eigenvalue weighted by Crippen LogP contribution is -2.01. The fraction of sp³-hybridized carbons (Fsp3) is 0.111. The van der Waals surface area contributed by atoms with E-state index in [4.69, 9.17) is 5.11 Å². The number of aromatic amines is 1. The number of hydrogen-bond donors (Lipinski definition) is 2. The van der Waals surface area contributed by atoms with Gasteiger partial charge in [0, 0.05) is 10.4 Å². The SMILES string of the molecule is O=C(O)Cc1[nH]ncc1-c1cccs1. The lowest BCUT2D eigenvalue weighted by Gasteiger charge is -1.96. The molecule has 0 aliphatic heterocycles. The molecule has 0 fully saturated rings. The predicted octanol–water partition coefficient (Wildman–Crippen LogP) is 1.77. The van der Waals surface area contributed by atoms with Gasteiger partial charge in [-0.2, -0.15) is 5.10 Å². The second-order valence-corrected chi connectivity index (χ2v) is 3.76. The van der Waals surface area contributed by atoms with Crippen molar-refractivity contribution in [1.29, 1.82) is 0 Å². The Morgan fingerprint density at radius 1 is 1.64 bits per heavy atom. The quantitative estimate of drug-likeness (QED) is 0.807. The Hall–Kier alpha value is -1.62. The van der Waals surface area contributed by atoms with Gasteiger partial charge in [0.1, 0.15) is 0 Å². The number of nitrogens with zero attached hydrogens (tertiary/aromatic N) is 1. The number of aromatic nitrogens is 2. The second kappa shape index (κ2) is 3.63. The van der Waals surface area contributed by atoms with Crippen LogP contribution in [-0.4, -0.2) is 21.3 Å². The second-order valence-electron chi connectivity index (χ2n) is 2.81. The van der Waals surface area contributed by atoms with E-state index in [0.29, 0.717) is 5.69 Å². The van der Waals surface area contributed by atoms with Crippen LogP contribution in [0.25, 0.3) is 10.4 Å². The van der Waals surface area contributed by atoms with Crippen molar-refractivity contribution >= 4 is 17.3 Å². The van der Waals surface area contributed by atoms with Crippen LogP contribution in [0.3, 0.4) is 0 Å². The zero-order valence-electron chi connectivity index (χ0n) is 7.23. The Labute approximate surface area is 84.2 Å². The first-order valence-corrected chi connectivity index (χ1v) is 4.93. The Kier molecular flexibility index (Phi) is 2.32. The van der Waals surface area contributed by atoms with Crippen LogP contribution < -0.4 is 0 Å². The maximum absolute atomic E-state index is 10.5. The lowest BCUT2D eigenvalue weighted by molar-refractivity contribution is -0.136. The van der Waals surface area contributed by atoms with Gasteiger partial charge < -0.3 is 5.11 Å². The standard InChI is InChI=1S/C9H8N2O2S/c12-9(13)4-7-6(5-10-11-7)8-2-1-3-14-8/h1-3,5H,4H2,(H,10,11)(H,12,13). The minimum absolute atomic E-state index is 0.0206. The van der Waals surface area contributed by atoms with Gasteiger partial charge in [0.25, 0.3) is 0 Å². The van der Waals surface area contributed by atoms with Crippen LogP contribution in [0.2, 0.25) is 0 Å². The zero-order valence-corrected chi connectivity index (χ0v) is 8.04. The van der Waals surface area contributed by atoms with Gasteiger partial charge in [-0.15, -0.1) is 11.3 Å². The molecule has 5 heteroatoms. The molecule has 0 atom stereocenters. The van der Waals surface area contributed by atoms with Gasteiger partial charge in [-0.1, -0.05) is 6.07 Å². The summed E-state index contributed by atoms with van der Waals surface area (Å²) < 4.78 is 0. The third-order valence-corrected chi connectivity index (χ3v) is 2.74. The molecular formula is C9H8N2O2S. The van der Waals surface area contributed by atoms with Crippen molar-refractivity contribution in [3.8, 4) is 10.4 Å². The highest BCUT2D eigenvalue weighted by molar-refractivity contribution is 7.13. The van der Waals surface area contributed by atoms with Crippen molar-refractivity contribution < 1.29 is 9.90 Å². The fourth-order valence-electron chi connectivity index (χ4n) is 1.24. The van der Waals surface area contributed by atoms with E-state index >= 15 is 0 Å². The minimum atomic E-state index is -0.855. The van der Waals surface area contributed by atoms with Crippen LogP contribution in [0, 0.1) is 0 Å². The molecule has 14 heavy (non-hydrogen) atoms. The fourth-order valence-corrected chi connectivity index (χ4v) is 2.01. The number of carbonyl (C=O) groups is 1. The van der Waals surface area contributed by atoms with Gasteiger partial charge in [-0.05, 0) is 11.4 Å². The van der Waals surface area contributed by atoms with E-state index in [9.17, 15) is 4.79 Å². The van der Waals surface area contributed by atoms with E-state index < -0.39 is 5.97 Å². The monoisotopic (exact) mass is 208 g/mol. The Morgan fingerprint density at radius 2 is 2.50 bits per heavy atom. The third-order valence-electron chi connectivity index (χ3n) is 1.83. The highest BCUT2D eigenvalue weighted by atomic mass is 32.1. The average molecular weight is 208 g/mol. The zero-order chi connectivity index (χ0) is 9.97. The van der Waals surface area contributed by atoms with Gasteiger partial charge >= 0.3 is 5.97 Å². The van der Waals surface area contributed by atoms with Gasteiger partial charge in [-0.3, -0.25) is 9.89 Å². The van der Waals surface area contributed by atoms with Crippen LogP contribution in [0.15, 0.2) is 23.7 Å². The summed E-state index contributed by atoms with van der Waals surface area (Å²) in [6.07, 6.45) is 1.64. The van der Waals surface area contributed by atoms with Crippen LogP contribution in [-0.2, 0) is 11.2 Å². The molecule has 0 bridgehead atoms. The molecule has 0 saturated carbocycles. The van der Waals surface area contributed by atoms with E-state index in [1.165, 1.54) is 0 Å². The lowest BCUT2D eigenvalue weighted by atomic mass is 10.2. The first-order chi connectivity index (χ1) is 6.77. The smallest absolute Gasteiger partial charge is 0.309 e. The van der Waals surface area contributed by atoms with Gasteiger partial charge in [0.2, 0.25) is 0 Å². The first kappa shape index (κ1) is 8.96. The number of rotatable bonds is 3. The van der Waals surface area contributed by atoms with Crippen molar-refractivity contribution in [2.24, 2.45) is 0 Å². The molecule has 0 aliphatic carbocycles. The summed E-state index contributed by atoms with van der Waals surface area (Å²) >= 11 is 1.57. The minimum Gasteiger partial charge on any atom is -0.481 e. The van der Waals surface area contributed by atoms with Crippen molar-refractivity contribution in [1.82, 2.24) is 10.2 Å². The highest BCUT2D eigenvalue weighted by Gasteiger charge is 2.11. The number of aliphatic carboxylic acids is 1. The van der Waals surface area contributed by atoms with Crippen molar-refractivity contribution in [3.63, 3.8) is 0 Å². The largest absolute Gasteiger partial charge is 0.481 e. The van der Waals surface area contributed by atoms with Crippen LogP contribution >= 0.6 is 11.3 Å². The summed E-state index contributed by atoms with van der Waals surface area (Å²) in [6, 6.07) is 3.87. The molecule has 72 valence electrons. The molecule has 0 saturated heterocycles. The molecule has 0 unspecified atom stereocenters. The van der Waals surface area contributed by atoms with Gasteiger partial charge in [0.05, 0.1) is 18.3 Å². The third kappa shape index (κ3) is 1.67. The molecule has 2 heterocycles. The predicted molar refractivity (Wildman–Crippen MR) is 53.2 cm³/mol. The van der Waals surface area contributed by atoms with E-state index in [-0.39, 0.29) is 6.42 Å². The molecule has 0 radical (unpaired) electrons. The number of thiophene rings is 1. The molecule has 2 aromatic heterocycles. The Balaban J connectivity index is 2.35.